The van der Waals surface area contributed by atoms with E-state index in [0.717, 1.165) is 10.6 Å². The summed E-state index contributed by atoms with van der Waals surface area (Å²) in [6, 6.07) is 5.37. The molecule has 0 saturated heterocycles. The second kappa shape index (κ2) is 3.46. The molecule has 0 spiro atoms. The van der Waals surface area contributed by atoms with E-state index in [1.54, 1.807) is 12.1 Å². The lowest BCUT2D eigenvalue weighted by molar-refractivity contribution is -0.113. The molecule has 1 heterocycles. The molecule has 1 aliphatic heterocycles. The molecule has 0 atom stereocenters. The van der Waals surface area contributed by atoms with Crippen LogP contribution < -0.4 is 5.32 Å². The fourth-order valence-electron chi connectivity index (χ4n) is 1.39. The first-order valence-corrected chi connectivity index (χ1v) is 5.23. The molecule has 1 N–H and O–H groups in total. The van der Waals surface area contributed by atoms with Crippen LogP contribution in [0.4, 0.5) is 5.69 Å². The lowest BCUT2D eigenvalue weighted by Crippen LogP contribution is -2.19. The molecular weight excluding hydrogens is 198 g/mol. The van der Waals surface area contributed by atoms with E-state index in [4.69, 9.17) is 0 Å². The molecule has 0 radical (unpaired) electrons. The molecule has 0 unspecified atom stereocenters. The quantitative estimate of drug-likeness (QED) is 0.716. The summed E-state index contributed by atoms with van der Waals surface area (Å²) < 4.78 is 0. The summed E-state index contributed by atoms with van der Waals surface area (Å²) in [6.45, 7) is 1.53. The maximum atomic E-state index is 11.3. The summed E-state index contributed by atoms with van der Waals surface area (Å²) in [4.78, 5) is 23.3. The van der Waals surface area contributed by atoms with Crippen molar-refractivity contribution in [3.05, 3.63) is 23.8 Å². The summed E-state index contributed by atoms with van der Waals surface area (Å²) >= 11 is 1.42. The van der Waals surface area contributed by atoms with E-state index in [-0.39, 0.29) is 11.7 Å². The summed E-state index contributed by atoms with van der Waals surface area (Å²) in [7, 11) is 0. The Balaban J connectivity index is 2.52. The van der Waals surface area contributed by atoms with Gasteiger partial charge in [-0.1, -0.05) is 12.1 Å². The van der Waals surface area contributed by atoms with Crippen molar-refractivity contribution in [2.45, 2.75) is 11.8 Å². The smallest absolute Gasteiger partial charge is 0.234 e. The van der Waals surface area contributed by atoms with Gasteiger partial charge in [0.1, 0.15) is 0 Å². The molecule has 1 aromatic rings. The third-order valence-corrected chi connectivity index (χ3v) is 3.15. The Morgan fingerprint density at radius 2 is 2.29 bits per heavy atom. The number of fused-ring (bicyclic) bond motifs is 1. The summed E-state index contributed by atoms with van der Waals surface area (Å²) in [5.41, 5.74) is 1.44. The van der Waals surface area contributed by atoms with E-state index >= 15 is 0 Å². The monoisotopic (exact) mass is 207 g/mol. The first-order valence-electron chi connectivity index (χ1n) is 4.25. The zero-order valence-corrected chi connectivity index (χ0v) is 8.48. The van der Waals surface area contributed by atoms with Crippen LogP contribution in [0.25, 0.3) is 0 Å². The number of hydrogen-bond donors (Lipinski definition) is 1. The van der Waals surface area contributed by atoms with Crippen LogP contribution >= 0.6 is 11.8 Å². The maximum absolute atomic E-state index is 11.3. The van der Waals surface area contributed by atoms with Gasteiger partial charge in [0.2, 0.25) is 5.91 Å². The van der Waals surface area contributed by atoms with Gasteiger partial charge in [0.05, 0.1) is 11.4 Å². The SMILES string of the molecule is CC(=O)c1cccc2c1SCC(=O)N2. The van der Waals surface area contributed by atoms with Crippen LogP contribution in [0, 0.1) is 0 Å². The molecule has 0 aliphatic carbocycles. The lowest BCUT2D eigenvalue weighted by atomic mass is 10.1. The molecule has 1 aromatic carbocycles. The Kier molecular flexibility index (Phi) is 2.29. The van der Waals surface area contributed by atoms with Gasteiger partial charge in [-0.2, -0.15) is 0 Å². The largest absolute Gasteiger partial charge is 0.324 e. The Hall–Kier alpha value is -1.29. The highest BCUT2D eigenvalue weighted by molar-refractivity contribution is 8.00. The van der Waals surface area contributed by atoms with Crippen LogP contribution in [0.15, 0.2) is 23.1 Å². The van der Waals surface area contributed by atoms with Gasteiger partial charge >= 0.3 is 0 Å². The number of amides is 1. The standard InChI is InChI=1S/C10H9NO2S/c1-6(12)7-3-2-4-8-10(7)14-5-9(13)11-8/h2-4H,5H2,1H3,(H,11,13). The number of anilines is 1. The molecule has 2 rings (SSSR count). The molecule has 0 bridgehead atoms. The van der Waals surface area contributed by atoms with Gasteiger partial charge in [-0.25, -0.2) is 0 Å². The number of thioether (sulfide) groups is 1. The van der Waals surface area contributed by atoms with Crippen molar-refractivity contribution in [3.63, 3.8) is 0 Å². The number of ketones is 1. The van der Waals surface area contributed by atoms with Gasteiger partial charge < -0.3 is 5.32 Å². The molecule has 3 nitrogen and oxygen atoms in total. The van der Waals surface area contributed by atoms with E-state index in [9.17, 15) is 9.59 Å². The minimum Gasteiger partial charge on any atom is -0.324 e. The topological polar surface area (TPSA) is 46.2 Å². The van der Waals surface area contributed by atoms with Gasteiger partial charge in [-0.3, -0.25) is 9.59 Å². The predicted molar refractivity (Wildman–Crippen MR) is 55.8 cm³/mol. The number of benzene rings is 1. The van der Waals surface area contributed by atoms with Crippen LogP contribution in [-0.2, 0) is 4.79 Å². The van der Waals surface area contributed by atoms with E-state index < -0.39 is 0 Å². The number of Topliss-reactive ketones (excluding diaryl/α,β-unsaturated/α-hetero) is 1. The fourth-order valence-corrected chi connectivity index (χ4v) is 2.38. The van der Waals surface area contributed by atoms with Gasteiger partial charge in [-0.05, 0) is 13.0 Å². The highest BCUT2D eigenvalue weighted by Crippen LogP contribution is 2.34. The molecule has 14 heavy (non-hydrogen) atoms. The van der Waals surface area contributed by atoms with Crippen molar-refractivity contribution in [1.82, 2.24) is 0 Å². The number of rotatable bonds is 1. The lowest BCUT2D eigenvalue weighted by Gasteiger charge is -2.17. The fraction of sp³-hybridized carbons (Fsp3) is 0.200. The summed E-state index contributed by atoms with van der Waals surface area (Å²) in [5.74, 6) is 0.408. The zero-order valence-electron chi connectivity index (χ0n) is 7.66. The van der Waals surface area contributed by atoms with E-state index in [0.29, 0.717) is 11.3 Å². The molecule has 72 valence electrons. The van der Waals surface area contributed by atoms with Crippen molar-refractivity contribution in [1.29, 1.82) is 0 Å². The Morgan fingerprint density at radius 3 is 3.00 bits per heavy atom. The van der Waals surface area contributed by atoms with Gasteiger partial charge in [-0.15, -0.1) is 11.8 Å². The van der Waals surface area contributed by atoms with E-state index in [1.807, 2.05) is 6.07 Å². The van der Waals surface area contributed by atoms with Crippen molar-refractivity contribution in [3.8, 4) is 0 Å². The molecule has 0 fully saturated rings. The maximum Gasteiger partial charge on any atom is 0.234 e. The van der Waals surface area contributed by atoms with Crippen LogP contribution in [0.2, 0.25) is 0 Å². The molecule has 1 aliphatic rings. The minimum absolute atomic E-state index is 0.0109. The van der Waals surface area contributed by atoms with Gasteiger partial charge in [0.15, 0.2) is 5.78 Å². The second-order valence-corrected chi connectivity index (χ2v) is 4.06. The summed E-state index contributed by atoms with van der Waals surface area (Å²) in [6.07, 6.45) is 0. The average molecular weight is 207 g/mol. The first-order chi connectivity index (χ1) is 6.68. The molecule has 4 heteroatoms. The van der Waals surface area contributed by atoms with Crippen molar-refractivity contribution < 1.29 is 9.59 Å². The molecular formula is C10H9NO2S. The number of nitrogens with one attached hydrogen (secondary N) is 1. The van der Waals surface area contributed by atoms with Crippen LogP contribution in [-0.4, -0.2) is 17.4 Å². The number of carbonyl (C=O) groups excluding carboxylic acids is 2. The highest BCUT2D eigenvalue weighted by atomic mass is 32.2. The summed E-state index contributed by atoms with van der Waals surface area (Å²) in [5, 5.41) is 2.74. The normalized spacial score (nSPS) is 14.5. The molecule has 0 aromatic heterocycles. The molecule has 1 amide bonds. The third-order valence-electron chi connectivity index (χ3n) is 2.02. The van der Waals surface area contributed by atoms with Crippen molar-refractivity contribution in [2.75, 3.05) is 11.1 Å². The van der Waals surface area contributed by atoms with Crippen LogP contribution in [0.5, 0.6) is 0 Å². The zero-order chi connectivity index (χ0) is 10.1. The average Bonchev–Trinajstić information content (AvgIpc) is 2.16. The van der Waals surface area contributed by atoms with E-state index in [1.165, 1.54) is 18.7 Å². The van der Waals surface area contributed by atoms with Crippen LogP contribution in [0.1, 0.15) is 17.3 Å². The Morgan fingerprint density at radius 1 is 1.50 bits per heavy atom. The first kappa shape index (κ1) is 9.27. The van der Waals surface area contributed by atoms with Crippen LogP contribution in [0.3, 0.4) is 0 Å². The van der Waals surface area contributed by atoms with E-state index in [2.05, 4.69) is 5.32 Å². The second-order valence-electron chi connectivity index (χ2n) is 3.08. The van der Waals surface area contributed by atoms with Crippen molar-refractivity contribution in [2.24, 2.45) is 0 Å². The van der Waals surface area contributed by atoms with Gasteiger partial charge in [0.25, 0.3) is 0 Å². The van der Waals surface area contributed by atoms with Gasteiger partial charge in [0, 0.05) is 10.5 Å². The number of hydrogen-bond acceptors (Lipinski definition) is 3. The molecule has 0 saturated carbocycles. The Bertz CT molecular complexity index is 415. The third kappa shape index (κ3) is 1.53. The predicted octanol–water partition coefficient (Wildman–Crippen LogP) is 1.93. The van der Waals surface area contributed by atoms with Crippen molar-refractivity contribution >= 4 is 29.1 Å². The number of carbonyl (C=O) groups is 2. The Labute approximate surface area is 85.9 Å². The highest BCUT2D eigenvalue weighted by Gasteiger charge is 2.19. The minimum atomic E-state index is -0.0109.